The summed E-state index contributed by atoms with van der Waals surface area (Å²) in [5.41, 5.74) is 1.48. The molecule has 140 valence electrons. The zero-order valence-electron chi connectivity index (χ0n) is 15.6. The van der Waals surface area contributed by atoms with Gasteiger partial charge in [0, 0.05) is 6.20 Å². The van der Waals surface area contributed by atoms with Crippen molar-refractivity contribution in [3.05, 3.63) is 75.2 Å². The number of fused-ring (bicyclic) bond motifs is 1. The zero-order valence-corrected chi connectivity index (χ0v) is 15.6. The maximum atomic E-state index is 13.0. The molecule has 0 saturated carbocycles. The van der Waals surface area contributed by atoms with Crippen LogP contribution in [0.4, 0.5) is 0 Å². The molecule has 3 aromatic rings. The number of carbonyl (C=O) groups excluding carboxylic acids is 1. The molecule has 28 heavy (non-hydrogen) atoms. The second kappa shape index (κ2) is 7.76. The molecule has 0 aliphatic rings. The second-order valence-corrected chi connectivity index (χ2v) is 6.10. The minimum atomic E-state index is -0.850. The number of hydrogen-bond donors (Lipinski definition) is 0. The van der Waals surface area contributed by atoms with Gasteiger partial charge in [-0.3, -0.25) is 9.20 Å². The lowest BCUT2D eigenvalue weighted by molar-refractivity contribution is -0.135. The fourth-order valence-electron chi connectivity index (χ4n) is 2.69. The number of esters is 1. The summed E-state index contributed by atoms with van der Waals surface area (Å²) in [7, 11) is 1.16. The first-order valence-electron chi connectivity index (χ1n) is 8.41. The molecule has 0 spiro atoms. The third-order valence-electron chi connectivity index (χ3n) is 4.09. The highest BCUT2D eigenvalue weighted by Crippen LogP contribution is 2.27. The van der Waals surface area contributed by atoms with Crippen molar-refractivity contribution in [1.82, 2.24) is 9.38 Å². The number of aryl methyl sites for hydroxylation is 2. The third kappa shape index (κ3) is 3.62. The SMILES string of the molecule is COC(=O)/C(C#N)=C\c1c(Oc2ccc(C)cc2C)nc2ccccn2c1=O. The summed E-state index contributed by atoms with van der Waals surface area (Å²) >= 11 is 0. The van der Waals surface area contributed by atoms with Gasteiger partial charge in [0.2, 0.25) is 5.88 Å². The summed E-state index contributed by atoms with van der Waals surface area (Å²) in [5.74, 6) is -0.332. The molecule has 0 aliphatic carbocycles. The molecule has 0 radical (unpaired) electrons. The van der Waals surface area contributed by atoms with Crippen molar-refractivity contribution in [3.63, 3.8) is 0 Å². The van der Waals surface area contributed by atoms with Crippen LogP contribution in [0, 0.1) is 25.2 Å². The van der Waals surface area contributed by atoms with Crippen LogP contribution in [0.2, 0.25) is 0 Å². The Kier molecular flexibility index (Phi) is 5.23. The summed E-state index contributed by atoms with van der Waals surface area (Å²) < 4.78 is 11.8. The van der Waals surface area contributed by atoms with Gasteiger partial charge >= 0.3 is 5.97 Å². The molecule has 2 heterocycles. The van der Waals surface area contributed by atoms with Crippen LogP contribution in [0.25, 0.3) is 11.7 Å². The molecule has 0 fully saturated rings. The number of rotatable bonds is 4. The van der Waals surface area contributed by atoms with E-state index in [2.05, 4.69) is 9.72 Å². The van der Waals surface area contributed by atoms with Gasteiger partial charge in [-0.2, -0.15) is 10.2 Å². The highest BCUT2D eigenvalue weighted by Gasteiger charge is 2.18. The molecule has 0 bridgehead atoms. The van der Waals surface area contributed by atoms with E-state index in [0.29, 0.717) is 11.4 Å². The maximum absolute atomic E-state index is 13.0. The van der Waals surface area contributed by atoms with Crippen LogP contribution < -0.4 is 10.3 Å². The van der Waals surface area contributed by atoms with Crippen LogP contribution in [-0.4, -0.2) is 22.5 Å². The lowest BCUT2D eigenvalue weighted by Crippen LogP contribution is -2.19. The third-order valence-corrected chi connectivity index (χ3v) is 4.09. The zero-order chi connectivity index (χ0) is 20.3. The van der Waals surface area contributed by atoms with Crippen LogP contribution in [0.5, 0.6) is 11.6 Å². The molecule has 7 heteroatoms. The topological polar surface area (TPSA) is 93.7 Å². The van der Waals surface area contributed by atoms with Crippen LogP contribution in [0.15, 0.2) is 53.0 Å². The van der Waals surface area contributed by atoms with Crippen molar-refractivity contribution < 1.29 is 14.3 Å². The predicted molar refractivity (Wildman–Crippen MR) is 103 cm³/mol. The molecular formula is C21H17N3O4. The first kappa shape index (κ1) is 18.9. The first-order valence-corrected chi connectivity index (χ1v) is 8.41. The van der Waals surface area contributed by atoms with Gasteiger partial charge < -0.3 is 9.47 Å². The number of methoxy groups -OCH3 is 1. The van der Waals surface area contributed by atoms with Crippen LogP contribution in [0.1, 0.15) is 16.7 Å². The molecule has 0 atom stereocenters. The number of nitrogens with zero attached hydrogens (tertiary/aromatic N) is 3. The lowest BCUT2D eigenvalue weighted by atomic mass is 10.1. The second-order valence-electron chi connectivity index (χ2n) is 6.10. The monoisotopic (exact) mass is 375 g/mol. The van der Waals surface area contributed by atoms with Crippen LogP contribution >= 0.6 is 0 Å². The molecule has 0 amide bonds. The quantitative estimate of drug-likeness (QED) is 0.395. The molecule has 1 aromatic carbocycles. The molecule has 0 saturated heterocycles. The standard InChI is InChI=1S/C21H17N3O4/c1-13-7-8-17(14(2)10-13)28-19-16(11-15(12-22)21(26)27-3)20(25)24-9-5-4-6-18(24)23-19/h4-11H,1-3H3/b15-11-. The van der Waals surface area contributed by atoms with Gasteiger partial charge in [0.1, 0.15) is 28.6 Å². The summed E-state index contributed by atoms with van der Waals surface area (Å²) in [5, 5.41) is 9.26. The van der Waals surface area contributed by atoms with Gasteiger partial charge in [-0.15, -0.1) is 0 Å². The molecule has 3 rings (SSSR count). The summed E-state index contributed by atoms with van der Waals surface area (Å²) in [4.78, 5) is 29.2. The summed E-state index contributed by atoms with van der Waals surface area (Å²) in [6.07, 6.45) is 2.69. The Labute approximate surface area is 161 Å². The molecule has 0 unspecified atom stereocenters. The largest absolute Gasteiger partial charge is 0.465 e. The number of benzene rings is 1. The lowest BCUT2D eigenvalue weighted by Gasteiger charge is -2.12. The van der Waals surface area contributed by atoms with Crippen molar-refractivity contribution >= 4 is 17.7 Å². The fraction of sp³-hybridized carbons (Fsp3) is 0.143. The average molecular weight is 375 g/mol. The highest BCUT2D eigenvalue weighted by atomic mass is 16.5. The van der Waals surface area contributed by atoms with E-state index in [1.807, 2.05) is 26.0 Å². The predicted octanol–water partition coefficient (Wildman–Crippen LogP) is 3.18. The Morgan fingerprint density at radius 1 is 1.25 bits per heavy atom. The van der Waals surface area contributed by atoms with Gasteiger partial charge in [0.15, 0.2) is 0 Å². The molecule has 0 aliphatic heterocycles. The van der Waals surface area contributed by atoms with E-state index in [9.17, 15) is 14.9 Å². The first-order chi connectivity index (χ1) is 13.4. The fourth-order valence-corrected chi connectivity index (χ4v) is 2.69. The number of aromatic nitrogens is 2. The molecule has 2 aromatic heterocycles. The Hall–Kier alpha value is -3.92. The van der Waals surface area contributed by atoms with Crippen molar-refractivity contribution in [3.8, 4) is 17.7 Å². The molecule has 0 N–H and O–H groups in total. The average Bonchev–Trinajstić information content (AvgIpc) is 2.69. The Morgan fingerprint density at radius 3 is 2.71 bits per heavy atom. The van der Waals surface area contributed by atoms with Crippen molar-refractivity contribution in [2.45, 2.75) is 13.8 Å². The van der Waals surface area contributed by atoms with Crippen molar-refractivity contribution in [2.24, 2.45) is 0 Å². The Bertz CT molecular complexity index is 1200. The van der Waals surface area contributed by atoms with E-state index in [-0.39, 0.29) is 17.0 Å². The van der Waals surface area contributed by atoms with Gasteiger partial charge in [-0.25, -0.2) is 4.79 Å². The number of hydrogen-bond acceptors (Lipinski definition) is 6. The Balaban J connectivity index is 2.25. The van der Waals surface area contributed by atoms with E-state index < -0.39 is 11.5 Å². The smallest absolute Gasteiger partial charge is 0.348 e. The van der Waals surface area contributed by atoms with Crippen LogP contribution in [-0.2, 0) is 9.53 Å². The number of carbonyl (C=O) groups is 1. The minimum Gasteiger partial charge on any atom is -0.465 e. The highest BCUT2D eigenvalue weighted by molar-refractivity contribution is 5.98. The van der Waals surface area contributed by atoms with Gasteiger partial charge in [0.05, 0.1) is 7.11 Å². The summed E-state index contributed by atoms with van der Waals surface area (Å²) in [6.45, 7) is 3.84. The number of nitriles is 1. The van der Waals surface area contributed by atoms with E-state index in [1.165, 1.54) is 4.40 Å². The minimum absolute atomic E-state index is 0.000180. The number of ether oxygens (including phenoxy) is 2. The maximum Gasteiger partial charge on any atom is 0.348 e. The van der Waals surface area contributed by atoms with E-state index in [1.54, 1.807) is 36.5 Å². The van der Waals surface area contributed by atoms with E-state index in [4.69, 9.17) is 4.74 Å². The molecule has 7 nitrogen and oxygen atoms in total. The van der Waals surface area contributed by atoms with Crippen molar-refractivity contribution in [1.29, 1.82) is 5.26 Å². The van der Waals surface area contributed by atoms with E-state index >= 15 is 0 Å². The van der Waals surface area contributed by atoms with Gasteiger partial charge in [-0.05, 0) is 43.7 Å². The number of pyridine rings is 1. The van der Waals surface area contributed by atoms with Gasteiger partial charge in [0.25, 0.3) is 5.56 Å². The van der Waals surface area contributed by atoms with Crippen molar-refractivity contribution in [2.75, 3.05) is 7.11 Å². The van der Waals surface area contributed by atoms with Gasteiger partial charge in [-0.1, -0.05) is 23.8 Å². The molecular weight excluding hydrogens is 358 g/mol. The normalized spacial score (nSPS) is 11.1. The van der Waals surface area contributed by atoms with E-state index in [0.717, 1.165) is 24.3 Å². The summed E-state index contributed by atoms with van der Waals surface area (Å²) in [6, 6.07) is 12.4. The van der Waals surface area contributed by atoms with Crippen LogP contribution in [0.3, 0.4) is 0 Å². The Morgan fingerprint density at radius 2 is 2.04 bits per heavy atom.